The second-order valence-electron chi connectivity index (χ2n) is 5.57. The number of methoxy groups -OCH3 is 1. The van der Waals surface area contributed by atoms with E-state index in [1.807, 2.05) is 18.3 Å². The average molecular weight is 262 g/mol. The van der Waals surface area contributed by atoms with Crippen molar-refractivity contribution in [3.8, 4) is 0 Å². The number of hydrogen-bond donors (Lipinski definition) is 0. The molecule has 1 aromatic heterocycles. The maximum absolute atomic E-state index is 6.19. The maximum Gasteiger partial charge on any atom is 0.128 e. The average Bonchev–Trinajstić information content (AvgIpc) is 2.83. The van der Waals surface area contributed by atoms with Crippen molar-refractivity contribution >= 4 is 5.82 Å². The van der Waals surface area contributed by atoms with Crippen LogP contribution in [-0.2, 0) is 9.47 Å². The first kappa shape index (κ1) is 12.9. The Morgan fingerprint density at radius 1 is 1.53 bits per heavy atom. The molecule has 1 saturated carbocycles. The summed E-state index contributed by atoms with van der Waals surface area (Å²) in [5.74, 6) is 1.58. The molecule has 0 radical (unpaired) electrons. The summed E-state index contributed by atoms with van der Waals surface area (Å²) in [4.78, 5) is 6.83. The van der Waals surface area contributed by atoms with Crippen molar-refractivity contribution in [3.05, 3.63) is 24.4 Å². The first-order chi connectivity index (χ1) is 9.34. The van der Waals surface area contributed by atoms with Crippen LogP contribution in [0.5, 0.6) is 0 Å². The summed E-state index contributed by atoms with van der Waals surface area (Å²) in [6.07, 6.45) is 5.46. The number of morpholine rings is 1. The lowest BCUT2D eigenvalue weighted by atomic mass is 9.89. The van der Waals surface area contributed by atoms with Gasteiger partial charge in [-0.2, -0.15) is 0 Å². The van der Waals surface area contributed by atoms with Crippen LogP contribution in [0, 0.1) is 5.92 Å². The molecule has 1 aromatic rings. The highest BCUT2D eigenvalue weighted by Gasteiger charge is 2.47. The van der Waals surface area contributed by atoms with Crippen LogP contribution in [0.1, 0.15) is 19.3 Å². The van der Waals surface area contributed by atoms with E-state index >= 15 is 0 Å². The molecule has 2 fully saturated rings. The van der Waals surface area contributed by atoms with Gasteiger partial charge in [-0.1, -0.05) is 12.5 Å². The van der Waals surface area contributed by atoms with Crippen LogP contribution in [0.3, 0.4) is 0 Å². The Morgan fingerprint density at radius 3 is 3.26 bits per heavy atom. The van der Waals surface area contributed by atoms with E-state index in [4.69, 9.17) is 9.47 Å². The molecular weight excluding hydrogens is 240 g/mol. The van der Waals surface area contributed by atoms with E-state index in [0.717, 1.165) is 38.5 Å². The quantitative estimate of drug-likeness (QED) is 0.835. The van der Waals surface area contributed by atoms with Crippen LogP contribution in [0.4, 0.5) is 5.82 Å². The predicted molar refractivity (Wildman–Crippen MR) is 74.4 cm³/mol. The van der Waals surface area contributed by atoms with Gasteiger partial charge in [0.05, 0.1) is 18.8 Å². The molecule has 0 aromatic carbocycles. The normalized spacial score (nSPS) is 31.0. The predicted octanol–water partition coefficient (Wildman–Crippen LogP) is 2.10. The Morgan fingerprint density at radius 2 is 2.47 bits per heavy atom. The van der Waals surface area contributed by atoms with Crippen molar-refractivity contribution in [3.63, 3.8) is 0 Å². The molecule has 2 atom stereocenters. The number of aromatic nitrogens is 1. The van der Waals surface area contributed by atoms with Crippen LogP contribution in [0.25, 0.3) is 0 Å². The summed E-state index contributed by atoms with van der Waals surface area (Å²) in [7, 11) is 1.78. The Balaban J connectivity index is 1.77. The number of nitrogens with zero attached hydrogens (tertiary/aromatic N) is 2. The number of pyridine rings is 1. The van der Waals surface area contributed by atoms with Crippen molar-refractivity contribution < 1.29 is 9.47 Å². The van der Waals surface area contributed by atoms with Gasteiger partial charge < -0.3 is 14.4 Å². The Labute approximate surface area is 114 Å². The van der Waals surface area contributed by atoms with E-state index in [0.29, 0.717) is 5.92 Å². The first-order valence-corrected chi connectivity index (χ1v) is 7.13. The third-order valence-corrected chi connectivity index (χ3v) is 4.45. The Bertz CT molecular complexity index is 412. The third-order valence-electron chi connectivity index (χ3n) is 4.45. The van der Waals surface area contributed by atoms with Gasteiger partial charge in [-0.15, -0.1) is 0 Å². The summed E-state index contributed by atoms with van der Waals surface area (Å²) in [5.41, 5.74) is -0.0220. The monoisotopic (exact) mass is 262 g/mol. The number of hydrogen-bond acceptors (Lipinski definition) is 4. The van der Waals surface area contributed by atoms with Gasteiger partial charge in [-0.25, -0.2) is 4.98 Å². The van der Waals surface area contributed by atoms with Gasteiger partial charge in [0.25, 0.3) is 0 Å². The Hall–Kier alpha value is -1.13. The minimum absolute atomic E-state index is 0.0220. The van der Waals surface area contributed by atoms with E-state index in [9.17, 15) is 0 Å². The van der Waals surface area contributed by atoms with E-state index in [1.54, 1.807) is 7.11 Å². The van der Waals surface area contributed by atoms with Gasteiger partial charge in [-0.3, -0.25) is 0 Å². The standard InChI is InChI=1S/C15H22N2O2/c1-18-11-13-5-4-7-15(13)12-17(9-10-19-15)14-6-2-3-8-16-14/h2-3,6,8,13H,4-5,7,9-12H2,1H3/t13-,15-/m0/s1. The fourth-order valence-electron chi connectivity index (χ4n) is 3.49. The van der Waals surface area contributed by atoms with Crippen molar-refractivity contribution in [2.24, 2.45) is 5.92 Å². The minimum Gasteiger partial charge on any atom is -0.384 e. The second kappa shape index (κ2) is 5.47. The molecule has 19 heavy (non-hydrogen) atoms. The lowest BCUT2D eigenvalue weighted by Crippen LogP contribution is -2.55. The zero-order chi connectivity index (χ0) is 13.1. The van der Waals surface area contributed by atoms with Crippen molar-refractivity contribution in [2.45, 2.75) is 24.9 Å². The van der Waals surface area contributed by atoms with Gasteiger partial charge in [0.15, 0.2) is 0 Å². The molecule has 4 nitrogen and oxygen atoms in total. The van der Waals surface area contributed by atoms with E-state index in [1.165, 1.54) is 12.8 Å². The smallest absolute Gasteiger partial charge is 0.128 e. The largest absolute Gasteiger partial charge is 0.384 e. The van der Waals surface area contributed by atoms with Crippen LogP contribution in [-0.4, -0.2) is 44.0 Å². The molecule has 1 aliphatic heterocycles. The summed E-state index contributed by atoms with van der Waals surface area (Å²) >= 11 is 0. The highest BCUT2D eigenvalue weighted by molar-refractivity contribution is 5.39. The van der Waals surface area contributed by atoms with Gasteiger partial charge in [0.2, 0.25) is 0 Å². The fraction of sp³-hybridized carbons (Fsp3) is 0.667. The van der Waals surface area contributed by atoms with E-state index in [-0.39, 0.29) is 5.60 Å². The summed E-state index contributed by atoms with van der Waals surface area (Å²) in [6, 6.07) is 6.09. The van der Waals surface area contributed by atoms with Gasteiger partial charge in [0, 0.05) is 32.3 Å². The lowest BCUT2D eigenvalue weighted by molar-refractivity contribution is -0.0953. The van der Waals surface area contributed by atoms with E-state index in [2.05, 4.69) is 16.0 Å². The highest BCUT2D eigenvalue weighted by atomic mass is 16.5. The fourth-order valence-corrected chi connectivity index (χ4v) is 3.49. The summed E-state index contributed by atoms with van der Waals surface area (Å²) < 4.78 is 11.6. The van der Waals surface area contributed by atoms with E-state index < -0.39 is 0 Å². The molecule has 1 saturated heterocycles. The van der Waals surface area contributed by atoms with Crippen molar-refractivity contribution in [1.82, 2.24) is 4.98 Å². The molecule has 3 rings (SSSR count). The van der Waals surface area contributed by atoms with Crippen molar-refractivity contribution in [2.75, 3.05) is 38.3 Å². The first-order valence-electron chi connectivity index (χ1n) is 7.13. The topological polar surface area (TPSA) is 34.6 Å². The molecule has 0 unspecified atom stereocenters. The van der Waals surface area contributed by atoms with Crippen molar-refractivity contribution in [1.29, 1.82) is 0 Å². The number of ether oxygens (including phenoxy) is 2. The molecule has 2 heterocycles. The summed E-state index contributed by atoms with van der Waals surface area (Å²) in [5, 5.41) is 0. The molecule has 2 aliphatic rings. The molecular formula is C15H22N2O2. The molecule has 0 amide bonds. The second-order valence-corrected chi connectivity index (χ2v) is 5.57. The molecule has 1 aliphatic carbocycles. The molecule has 1 spiro atoms. The molecule has 0 bridgehead atoms. The van der Waals surface area contributed by atoms with Crippen LogP contribution in [0.2, 0.25) is 0 Å². The Kier molecular flexibility index (Phi) is 3.71. The SMILES string of the molecule is COC[C@@H]1CCC[C@]12CN(c1ccccn1)CCO2. The third kappa shape index (κ3) is 2.47. The zero-order valence-electron chi connectivity index (χ0n) is 11.5. The van der Waals surface area contributed by atoms with Crippen LogP contribution < -0.4 is 4.90 Å². The van der Waals surface area contributed by atoms with Gasteiger partial charge in [-0.05, 0) is 25.0 Å². The molecule has 0 N–H and O–H groups in total. The number of rotatable bonds is 3. The van der Waals surface area contributed by atoms with Gasteiger partial charge in [0.1, 0.15) is 5.82 Å². The highest BCUT2D eigenvalue weighted by Crippen LogP contribution is 2.41. The maximum atomic E-state index is 6.19. The van der Waals surface area contributed by atoms with Crippen LogP contribution in [0.15, 0.2) is 24.4 Å². The van der Waals surface area contributed by atoms with Gasteiger partial charge >= 0.3 is 0 Å². The molecule has 4 heteroatoms. The minimum atomic E-state index is -0.0220. The van der Waals surface area contributed by atoms with Crippen LogP contribution >= 0.6 is 0 Å². The zero-order valence-corrected chi connectivity index (χ0v) is 11.5. The number of anilines is 1. The summed E-state index contributed by atoms with van der Waals surface area (Å²) in [6.45, 7) is 3.46. The molecule has 104 valence electrons. The lowest BCUT2D eigenvalue weighted by Gasteiger charge is -2.44.